The van der Waals surface area contributed by atoms with Crippen molar-refractivity contribution in [2.24, 2.45) is 4.99 Å². The quantitative estimate of drug-likeness (QED) is 0.588. The Morgan fingerprint density at radius 1 is 1.29 bits per heavy atom. The van der Waals surface area contributed by atoms with Gasteiger partial charge >= 0.3 is 0 Å². The lowest BCUT2D eigenvalue weighted by atomic mass is 9.94. The molecule has 0 bridgehead atoms. The maximum atomic E-state index is 6.08. The molecule has 2 aromatic rings. The third-order valence-electron chi connectivity index (χ3n) is 5.21. The first-order chi connectivity index (χ1) is 13.7. The lowest BCUT2D eigenvalue weighted by molar-refractivity contribution is 0.240. The van der Waals surface area contributed by atoms with Crippen LogP contribution in [-0.4, -0.2) is 40.6 Å². The van der Waals surface area contributed by atoms with Crippen molar-refractivity contribution >= 4 is 32.9 Å². The number of thioether (sulfide) groups is 1. The molecule has 1 aromatic heterocycles. The van der Waals surface area contributed by atoms with Gasteiger partial charge in [0.15, 0.2) is 16.7 Å². The average Bonchev–Trinajstić information content (AvgIpc) is 3.28. The zero-order valence-corrected chi connectivity index (χ0v) is 18.7. The van der Waals surface area contributed by atoms with Gasteiger partial charge in [0.25, 0.3) is 0 Å². The van der Waals surface area contributed by atoms with Crippen LogP contribution in [0.5, 0.6) is 11.5 Å². The highest BCUT2D eigenvalue weighted by Gasteiger charge is 2.46. The van der Waals surface area contributed by atoms with Crippen LogP contribution >= 0.6 is 27.7 Å². The molecule has 0 N–H and O–H groups in total. The van der Waals surface area contributed by atoms with Crippen LogP contribution in [0.1, 0.15) is 43.6 Å². The third kappa shape index (κ3) is 3.39. The van der Waals surface area contributed by atoms with E-state index in [2.05, 4.69) is 44.9 Å². The summed E-state index contributed by atoms with van der Waals surface area (Å²) in [7, 11) is 1.68. The van der Waals surface area contributed by atoms with Gasteiger partial charge in [-0.2, -0.15) is 0 Å². The summed E-state index contributed by atoms with van der Waals surface area (Å²) in [5.74, 6) is 2.59. The molecule has 1 aromatic carbocycles. The Bertz CT molecular complexity index is 877. The Morgan fingerprint density at radius 2 is 2.14 bits per heavy atom. The van der Waals surface area contributed by atoms with Crippen molar-refractivity contribution in [2.45, 2.75) is 38.4 Å². The molecule has 2 aliphatic heterocycles. The van der Waals surface area contributed by atoms with Crippen LogP contribution in [0.3, 0.4) is 0 Å². The predicted molar refractivity (Wildman–Crippen MR) is 117 cm³/mol. The summed E-state index contributed by atoms with van der Waals surface area (Å²) in [4.78, 5) is 12.2. The number of amidine groups is 1. The summed E-state index contributed by atoms with van der Waals surface area (Å²) in [6.45, 7) is 4.81. The fraction of sp³-hybridized carbons (Fsp3) is 0.429. The molecule has 0 spiro atoms. The van der Waals surface area contributed by atoms with Crippen LogP contribution in [0.25, 0.3) is 0 Å². The van der Waals surface area contributed by atoms with Crippen molar-refractivity contribution in [1.82, 2.24) is 9.88 Å². The number of pyridine rings is 1. The summed E-state index contributed by atoms with van der Waals surface area (Å²) in [6.07, 6.45) is 2.91. The number of benzene rings is 1. The molecule has 148 valence electrons. The van der Waals surface area contributed by atoms with Gasteiger partial charge in [0.1, 0.15) is 6.04 Å². The van der Waals surface area contributed by atoms with E-state index in [4.69, 9.17) is 14.5 Å². The van der Waals surface area contributed by atoms with E-state index in [-0.39, 0.29) is 12.1 Å². The number of halogens is 1. The molecule has 0 aliphatic carbocycles. The van der Waals surface area contributed by atoms with Crippen molar-refractivity contribution in [3.8, 4) is 11.5 Å². The smallest absolute Gasteiger partial charge is 0.166 e. The summed E-state index contributed by atoms with van der Waals surface area (Å²) in [5, 5.41) is 1.11. The zero-order valence-electron chi connectivity index (χ0n) is 16.3. The molecule has 1 saturated heterocycles. The van der Waals surface area contributed by atoms with Gasteiger partial charge in [-0.3, -0.25) is 9.98 Å². The minimum absolute atomic E-state index is 0.0257. The van der Waals surface area contributed by atoms with E-state index >= 15 is 0 Å². The van der Waals surface area contributed by atoms with E-state index in [0.29, 0.717) is 12.6 Å². The normalized spacial score (nSPS) is 23.5. The van der Waals surface area contributed by atoms with Gasteiger partial charge < -0.3 is 14.4 Å². The number of fused-ring (bicyclic) bond motifs is 1. The fourth-order valence-electron chi connectivity index (χ4n) is 3.95. The average molecular weight is 462 g/mol. The monoisotopic (exact) mass is 461 g/mol. The Balaban J connectivity index is 1.88. The van der Waals surface area contributed by atoms with Crippen LogP contribution in [-0.2, 0) is 0 Å². The Morgan fingerprint density at radius 3 is 2.82 bits per heavy atom. The van der Waals surface area contributed by atoms with Gasteiger partial charge in [-0.25, -0.2) is 0 Å². The highest BCUT2D eigenvalue weighted by Crippen LogP contribution is 2.52. The number of nitrogens with zero attached hydrogens (tertiary/aromatic N) is 3. The molecule has 0 amide bonds. The number of methoxy groups -OCH3 is 1. The summed E-state index contributed by atoms with van der Waals surface area (Å²) >= 11 is 5.50. The topological polar surface area (TPSA) is 47.0 Å². The van der Waals surface area contributed by atoms with Crippen molar-refractivity contribution < 1.29 is 9.47 Å². The SMILES string of the molecule is CCOc1c(OC)cc(Br)cc1[C@@H]1[C@H](c2ccccn2)N=C2SC[C@H](CC)N21. The zero-order chi connectivity index (χ0) is 19.7. The van der Waals surface area contributed by atoms with Gasteiger partial charge in [0.05, 0.1) is 25.5 Å². The van der Waals surface area contributed by atoms with Gasteiger partial charge in [-0.1, -0.05) is 40.7 Å². The fourth-order valence-corrected chi connectivity index (χ4v) is 5.74. The van der Waals surface area contributed by atoms with E-state index in [1.54, 1.807) is 7.11 Å². The molecule has 2 aliphatic rings. The van der Waals surface area contributed by atoms with Gasteiger partial charge in [-0.15, -0.1) is 0 Å². The minimum atomic E-state index is -0.0729. The molecule has 5 nitrogen and oxygen atoms in total. The highest BCUT2D eigenvalue weighted by atomic mass is 79.9. The maximum Gasteiger partial charge on any atom is 0.166 e. The van der Waals surface area contributed by atoms with Crippen molar-refractivity contribution in [2.75, 3.05) is 19.5 Å². The molecule has 28 heavy (non-hydrogen) atoms. The van der Waals surface area contributed by atoms with E-state index in [1.165, 1.54) is 0 Å². The lowest BCUT2D eigenvalue weighted by Gasteiger charge is -2.33. The molecule has 7 heteroatoms. The first-order valence-electron chi connectivity index (χ1n) is 9.58. The molecular formula is C21H24BrN3O2S. The van der Waals surface area contributed by atoms with Gasteiger partial charge in [0.2, 0.25) is 0 Å². The Labute approximate surface area is 178 Å². The second-order valence-corrected chi connectivity index (χ2v) is 8.70. The van der Waals surface area contributed by atoms with Crippen LogP contribution in [0.4, 0.5) is 0 Å². The first-order valence-corrected chi connectivity index (χ1v) is 11.4. The van der Waals surface area contributed by atoms with Crippen molar-refractivity contribution in [1.29, 1.82) is 0 Å². The Kier molecular flexibility index (Phi) is 5.83. The first kappa shape index (κ1) is 19.6. The molecule has 3 heterocycles. The molecule has 3 atom stereocenters. The van der Waals surface area contributed by atoms with E-state index < -0.39 is 0 Å². The summed E-state index contributed by atoms with van der Waals surface area (Å²) in [5.41, 5.74) is 2.06. The van der Waals surface area contributed by atoms with Crippen LogP contribution in [0.15, 0.2) is 46.0 Å². The van der Waals surface area contributed by atoms with Crippen molar-refractivity contribution in [3.05, 3.63) is 52.3 Å². The number of rotatable bonds is 6. The number of hydrogen-bond acceptors (Lipinski definition) is 6. The van der Waals surface area contributed by atoms with Crippen LogP contribution in [0, 0.1) is 0 Å². The van der Waals surface area contributed by atoms with Crippen molar-refractivity contribution in [3.63, 3.8) is 0 Å². The third-order valence-corrected chi connectivity index (χ3v) is 6.79. The largest absolute Gasteiger partial charge is 0.493 e. The Hall–Kier alpha value is -1.73. The van der Waals surface area contributed by atoms with Gasteiger partial charge in [0, 0.05) is 28.0 Å². The van der Waals surface area contributed by atoms with E-state index in [0.717, 1.165) is 44.6 Å². The molecule has 0 radical (unpaired) electrons. The van der Waals surface area contributed by atoms with Gasteiger partial charge in [-0.05, 0) is 37.6 Å². The summed E-state index contributed by atoms with van der Waals surface area (Å²) in [6, 6.07) is 10.5. The predicted octanol–water partition coefficient (Wildman–Crippen LogP) is 5.23. The number of aromatic nitrogens is 1. The molecule has 0 saturated carbocycles. The standard InChI is InChI=1S/C21H24BrN3O2S/c1-4-14-12-28-21-24-18(16-8-6-7-9-23-16)19(25(14)21)15-10-13(22)11-17(26-3)20(15)27-5-2/h6-11,14,18-19H,4-5,12H2,1-3H3/t14-,18-,19+/m0/s1. The second-order valence-electron chi connectivity index (χ2n) is 6.80. The number of hydrogen-bond donors (Lipinski definition) is 0. The maximum absolute atomic E-state index is 6.08. The summed E-state index contributed by atoms with van der Waals surface area (Å²) < 4.78 is 12.7. The second kappa shape index (κ2) is 8.33. The molecular weight excluding hydrogens is 438 g/mol. The molecule has 0 unspecified atom stereocenters. The van der Waals surface area contributed by atoms with E-state index in [9.17, 15) is 0 Å². The lowest BCUT2D eigenvalue weighted by Crippen LogP contribution is -2.35. The van der Waals surface area contributed by atoms with Crippen LogP contribution < -0.4 is 9.47 Å². The number of ether oxygens (including phenoxy) is 2. The number of aliphatic imine (C=N–C) groups is 1. The van der Waals surface area contributed by atoms with Crippen LogP contribution in [0.2, 0.25) is 0 Å². The minimum Gasteiger partial charge on any atom is -0.493 e. The molecule has 1 fully saturated rings. The molecule has 4 rings (SSSR count). The van der Waals surface area contributed by atoms with E-state index in [1.807, 2.05) is 43.1 Å². The highest BCUT2D eigenvalue weighted by molar-refractivity contribution is 9.10.